The Morgan fingerprint density at radius 3 is 2.72 bits per heavy atom. The highest BCUT2D eigenvalue weighted by atomic mass is 19.4. The summed E-state index contributed by atoms with van der Waals surface area (Å²) in [6, 6.07) is 5.02. The molecule has 94 valence electrons. The number of imidazole rings is 1. The summed E-state index contributed by atoms with van der Waals surface area (Å²) in [6.45, 7) is 0. The van der Waals surface area contributed by atoms with Crippen LogP contribution in [-0.2, 0) is 12.6 Å². The van der Waals surface area contributed by atoms with E-state index in [9.17, 15) is 18.0 Å². The van der Waals surface area contributed by atoms with Gasteiger partial charge in [-0.2, -0.15) is 13.2 Å². The van der Waals surface area contributed by atoms with Gasteiger partial charge in [0.2, 0.25) is 0 Å². The summed E-state index contributed by atoms with van der Waals surface area (Å²) in [7, 11) is 0. The molecule has 0 aliphatic carbocycles. The van der Waals surface area contributed by atoms with Crippen molar-refractivity contribution in [3.05, 3.63) is 53.1 Å². The van der Waals surface area contributed by atoms with Gasteiger partial charge in [-0.1, -0.05) is 18.2 Å². The fraction of sp³-hybridized carbons (Fsp3) is 0.167. The van der Waals surface area contributed by atoms with Gasteiger partial charge in [0.1, 0.15) is 5.82 Å². The molecule has 0 atom stereocenters. The maximum absolute atomic E-state index is 12.5. The Morgan fingerprint density at radius 2 is 2.11 bits per heavy atom. The van der Waals surface area contributed by atoms with Crippen LogP contribution < -0.4 is 0 Å². The number of carbonyl (C=O) groups is 1. The van der Waals surface area contributed by atoms with Gasteiger partial charge in [0.05, 0.1) is 17.5 Å². The molecule has 0 unspecified atom stereocenters. The van der Waals surface area contributed by atoms with Gasteiger partial charge in [-0.05, 0) is 11.6 Å². The average Bonchev–Trinajstić information content (AvgIpc) is 2.76. The molecule has 0 radical (unpaired) electrons. The van der Waals surface area contributed by atoms with Crippen molar-refractivity contribution in [2.45, 2.75) is 12.6 Å². The highest BCUT2D eigenvalue weighted by Crippen LogP contribution is 2.29. The predicted molar refractivity (Wildman–Crippen MR) is 58.2 cm³/mol. The molecule has 0 aliphatic heterocycles. The van der Waals surface area contributed by atoms with E-state index in [0.29, 0.717) is 23.4 Å². The first-order valence-corrected chi connectivity index (χ1v) is 5.14. The molecular weight excluding hydrogens is 245 g/mol. The number of nitrogens with one attached hydrogen (secondary N) is 1. The number of carbonyl (C=O) groups excluding carboxylic acids is 1. The SMILES string of the molecule is O=Cc1cnc(Cc2cccc(C(F)(F)F)c2)[nH]1. The van der Waals surface area contributed by atoms with Crippen LogP contribution in [0.2, 0.25) is 0 Å². The number of hydrogen-bond donors (Lipinski definition) is 1. The minimum absolute atomic E-state index is 0.220. The van der Waals surface area contributed by atoms with E-state index in [4.69, 9.17) is 0 Å². The maximum Gasteiger partial charge on any atom is 0.416 e. The van der Waals surface area contributed by atoms with Gasteiger partial charge in [-0.25, -0.2) is 4.98 Å². The van der Waals surface area contributed by atoms with Gasteiger partial charge in [-0.15, -0.1) is 0 Å². The first-order valence-electron chi connectivity index (χ1n) is 5.14. The third-order valence-corrected chi connectivity index (χ3v) is 2.40. The lowest BCUT2D eigenvalue weighted by Gasteiger charge is -2.07. The molecule has 0 saturated heterocycles. The van der Waals surface area contributed by atoms with E-state index in [0.717, 1.165) is 12.1 Å². The van der Waals surface area contributed by atoms with Crippen molar-refractivity contribution in [2.75, 3.05) is 0 Å². The average molecular weight is 254 g/mol. The number of H-pyrrole nitrogens is 1. The van der Waals surface area contributed by atoms with Crippen molar-refractivity contribution in [2.24, 2.45) is 0 Å². The van der Waals surface area contributed by atoms with E-state index in [-0.39, 0.29) is 6.42 Å². The Kier molecular flexibility index (Phi) is 3.18. The van der Waals surface area contributed by atoms with Crippen molar-refractivity contribution >= 4 is 6.29 Å². The summed E-state index contributed by atoms with van der Waals surface area (Å²) >= 11 is 0. The van der Waals surface area contributed by atoms with Crippen LogP contribution in [0.1, 0.15) is 27.4 Å². The van der Waals surface area contributed by atoms with Crippen LogP contribution in [0.5, 0.6) is 0 Å². The van der Waals surface area contributed by atoms with E-state index in [1.807, 2.05) is 0 Å². The molecule has 1 aromatic heterocycles. The van der Waals surface area contributed by atoms with Crippen LogP contribution in [0.15, 0.2) is 30.5 Å². The molecule has 6 heteroatoms. The predicted octanol–water partition coefficient (Wildman–Crippen LogP) is 2.83. The van der Waals surface area contributed by atoms with Crippen molar-refractivity contribution in [3.63, 3.8) is 0 Å². The van der Waals surface area contributed by atoms with Crippen LogP contribution in [0.4, 0.5) is 13.2 Å². The molecule has 1 N–H and O–H groups in total. The Morgan fingerprint density at radius 1 is 1.33 bits per heavy atom. The second-order valence-corrected chi connectivity index (χ2v) is 3.78. The van der Waals surface area contributed by atoms with Crippen LogP contribution in [0.25, 0.3) is 0 Å². The van der Waals surface area contributed by atoms with Crippen LogP contribution >= 0.6 is 0 Å². The molecule has 1 aromatic carbocycles. The van der Waals surface area contributed by atoms with E-state index < -0.39 is 11.7 Å². The topological polar surface area (TPSA) is 45.8 Å². The second-order valence-electron chi connectivity index (χ2n) is 3.78. The summed E-state index contributed by atoms with van der Waals surface area (Å²) in [4.78, 5) is 17.1. The van der Waals surface area contributed by atoms with Crippen LogP contribution in [0, 0.1) is 0 Å². The fourth-order valence-electron chi connectivity index (χ4n) is 1.58. The number of benzene rings is 1. The number of aldehydes is 1. The van der Waals surface area contributed by atoms with E-state index in [1.54, 1.807) is 6.07 Å². The molecule has 0 spiro atoms. The highest BCUT2D eigenvalue weighted by molar-refractivity contribution is 5.71. The second kappa shape index (κ2) is 4.64. The molecule has 2 rings (SSSR count). The largest absolute Gasteiger partial charge is 0.416 e. The zero-order valence-electron chi connectivity index (χ0n) is 9.16. The quantitative estimate of drug-likeness (QED) is 0.856. The van der Waals surface area contributed by atoms with Crippen molar-refractivity contribution in [1.82, 2.24) is 9.97 Å². The van der Waals surface area contributed by atoms with Gasteiger partial charge < -0.3 is 4.98 Å². The number of aromatic amines is 1. The molecule has 2 aromatic rings. The lowest BCUT2D eigenvalue weighted by Crippen LogP contribution is -2.05. The van der Waals surface area contributed by atoms with Gasteiger partial charge in [0.15, 0.2) is 6.29 Å². The molecule has 0 aliphatic rings. The Labute approximate surface area is 101 Å². The standard InChI is InChI=1S/C12H9F3N2O/c13-12(14,15)9-3-1-2-8(4-9)5-11-16-6-10(7-18)17-11/h1-4,6-7H,5H2,(H,16,17). The number of hydrogen-bond acceptors (Lipinski definition) is 2. The van der Waals surface area contributed by atoms with E-state index in [2.05, 4.69) is 9.97 Å². The molecule has 0 fully saturated rings. The first kappa shape index (κ1) is 12.3. The van der Waals surface area contributed by atoms with Gasteiger partial charge in [-0.3, -0.25) is 4.79 Å². The van der Waals surface area contributed by atoms with Gasteiger partial charge >= 0.3 is 6.18 Å². The van der Waals surface area contributed by atoms with E-state index >= 15 is 0 Å². The zero-order chi connectivity index (χ0) is 13.2. The van der Waals surface area contributed by atoms with Crippen LogP contribution in [0.3, 0.4) is 0 Å². The number of aromatic nitrogens is 2. The van der Waals surface area contributed by atoms with Crippen molar-refractivity contribution in [1.29, 1.82) is 0 Å². The van der Waals surface area contributed by atoms with Crippen molar-refractivity contribution < 1.29 is 18.0 Å². The van der Waals surface area contributed by atoms with Crippen LogP contribution in [-0.4, -0.2) is 16.3 Å². The summed E-state index contributed by atoms with van der Waals surface area (Å²) in [6.07, 6.45) is -2.19. The summed E-state index contributed by atoms with van der Waals surface area (Å²) in [5.41, 5.74) is 0.0933. The van der Waals surface area contributed by atoms with Crippen molar-refractivity contribution in [3.8, 4) is 0 Å². The molecule has 18 heavy (non-hydrogen) atoms. The molecule has 0 saturated carbocycles. The summed E-state index contributed by atoms with van der Waals surface area (Å²) in [5, 5.41) is 0. The van der Waals surface area contributed by atoms with Gasteiger partial charge in [0, 0.05) is 6.42 Å². The molecule has 0 amide bonds. The monoisotopic (exact) mass is 254 g/mol. The Hall–Kier alpha value is -2.11. The number of alkyl halides is 3. The lowest BCUT2D eigenvalue weighted by molar-refractivity contribution is -0.137. The molecule has 0 bridgehead atoms. The summed E-state index contributed by atoms with van der Waals surface area (Å²) in [5.74, 6) is 0.455. The molecule has 1 heterocycles. The molecular formula is C12H9F3N2O. The maximum atomic E-state index is 12.5. The lowest BCUT2D eigenvalue weighted by atomic mass is 10.1. The zero-order valence-corrected chi connectivity index (χ0v) is 9.16. The highest BCUT2D eigenvalue weighted by Gasteiger charge is 2.30. The first-order chi connectivity index (χ1) is 8.49. The number of nitrogens with zero attached hydrogens (tertiary/aromatic N) is 1. The minimum atomic E-state index is -4.35. The normalized spacial score (nSPS) is 11.5. The Balaban J connectivity index is 2.21. The number of halogens is 3. The third kappa shape index (κ3) is 2.77. The minimum Gasteiger partial charge on any atom is -0.340 e. The summed E-state index contributed by atoms with van der Waals surface area (Å²) < 4.78 is 37.5. The Bertz CT molecular complexity index is 560. The van der Waals surface area contributed by atoms with E-state index in [1.165, 1.54) is 12.3 Å². The third-order valence-electron chi connectivity index (χ3n) is 2.40. The fourth-order valence-corrected chi connectivity index (χ4v) is 1.58. The van der Waals surface area contributed by atoms with Gasteiger partial charge in [0.25, 0.3) is 0 Å². The smallest absolute Gasteiger partial charge is 0.340 e. The molecule has 3 nitrogen and oxygen atoms in total. The number of rotatable bonds is 3.